The van der Waals surface area contributed by atoms with Crippen molar-refractivity contribution in [1.29, 1.82) is 0 Å². The minimum atomic E-state index is 0.303. The molecule has 0 saturated heterocycles. The lowest BCUT2D eigenvalue weighted by Gasteiger charge is -2.07. The monoisotopic (exact) mass is 123 g/mol. The SMILES string of the molecule is CCN(CC)SF. The molecule has 0 amide bonds. The second-order valence-corrected chi connectivity index (χ2v) is 1.84. The molecule has 0 aromatic rings. The Morgan fingerprint density at radius 2 is 1.86 bits per heavy atom. The van der Waals surface area contributed by atoms with Crippen LogP contribution in [0.3, 0.4) is 0 Å². The van der Waals surface area contributed by atoms with E-state index in [1.165, 1.54) is 0 Å². The molecule has 0 radical (unpaired) electrons. The second kappa shape index (κ2) is 4.40. The van der Waals surface area contributed by atoms with E-state index >= 15 is 0 Å². The van der Waals surface area contributed by atoms with Crippen LogP contribution >= 0.6 is 12.3 Å². The maximum Gasteiger partial charge on any atom is 0.134 e. The molecule has 0 atom stereocenters. The van der Waals surface area contributed by atoms with Gasteiger partial charge in [0.05, 0.1) is 0 Å². The summed E-state index contributed by atoms with van der Waals surface area (Å²) in [6.45, 7) is 5.40. The van der Waals surface area contributed by atoms with Crippen LogP contribution in [0.2, 0.25) is 0 Å². The molecule has 0 unspecified atom stereocenters. The van der Waals surface area contributed by atoms with Crippen LogP contribution in [0.1, 0.15) is 13.8 Å². The summed E-state index contributed by atoms with van der Waals surface area (Å²) in [6, 6.07) is 0. The molecule has 0 aromatic heterocycles. The third kappa shape index (κ3) is 2.88. The predicted octanol–water partition coefficient (Wildman–Crippen LogP) is 1.86. The third-order valence-corrected chi connectivity index (χ3v) is 1.51. The van der Waals surface area contributed by atoms with Crippen molar-refractivity contribution in [2.24, 2.45) is 0 Å². The normalized spacial score (nSPS) is 10.3. The van der Waals surface area contributed by atoms with Crippen LogP contribution in [-0.2, 0) is 0 Å². The topological polar surface area (TPSA) is 3.24 Å². The molecular formula is C4H10FNS. The van der Waals surface area contributed by atoms with E-state index in [2.05, 4.69) is 0 Å². The molecule has 7 heavy (non-hydrogen) atoms. The van der Waals surface area contributed by atoms with Crippen molar-refractivity contribution in [2.75, 3.05) is 13.1 Å². The summed E-state index contributed by atoms with van der Waals surface area (Å²) in [5.41, 5.74) is 0. The first kappa shape index (κ1) is 7.24. The van der Waals surface area contributed by atoms with Crippen molar-refractivity contribution in [1.82, 2.24) is 4.31 Å². The van der Waals surface area contributed by atoms with Gasteiger partial charge in [-0.05, 0) is 0 Å². The molecule has 0 rings (SSSR count). The first-order chi connectivity index (χ1) is 3.35. The molecular weight excluding hydrogens is 113 g/mol. The van der Waals surface area contributed by atoms with Crippen LogP contribution in [0.15, 0.2) is 0 Å². The maximum absolute atomic E-state index is 11.5. The van der Waals surface area contributed by atoms with Gasteiger partial charge < -0.3 is 0 Å². The van der Waals surface area contributed by atoms with Crippen LogP contribution in [-0.4, -0.2) is 17.4 Å². The van der Waals surface area contributed by atoms with Gasteiger partial charge in [0.2, 0.25) is 0 Å². The van der Waals surface area contributed by atoms with Gasteiger partial charge in [-0.3, -0.25) is 0 Å². The molecule has 0 saturated carbocycles. The Balaban J connectivity index is 2.99. The molecule has 0 aromatic carbocycles. The smallest absolute Gasteiger partial charge is 0.134 e. The van der Waals surface area contributed by atoms with Crippen LogP contribution in [0.25, 0.3) is 0 Å². The van der Waals surface area contributed by atoms with E-state index < -0.39 is 0 Å². The average molecular weight is 123 g/mol. The molecule has 0 heterocycles. The molecule has 0 aliphatic rings. The quantitative estimate of drug-likeness (QED) is 0.527. The van der Waals surface area contributed by atoms with Crippen LogP contribution in [0, 0.1) is 0 Å². The van der Waals surface area contributed by atoms with E-state index in [1.54, 1.807) is 4.31 Å². The number of hydrogen-bond acceptors (Lipinski definition) is 2. The Labute approximate surface area is 48.3 Å². The Morgan fingerprint density at radius 3 is 1.86 bits per heavy atom. The zero-order chi connectivity index (χ0) is 5.70. The standard InChI is InChI=1S/C4H10FNS/c1-3-6(4-2)7-5/h3-4H2,1-2H3. The van der Waals surface area contributed by atoms with E-state index in [4.69, 9.17) is 0 Å². The highest BCUT2D eigenvalue weighted by Crippen LogP contribution is 2.07. The van der Waals surface area contributed by atoms with Crippen molar-refractivity contribution in [3.8, 4) is 0 Å². The fourth-order valence-corrected chi connectivity index (χ4v) is 0.516. The van der Waals surface area contributed by atoms with Gasteiger partial charge in [0.15, 0.2) is 0 Å². The number of nitrogens with zero attached hydrogens (tertiary/aromatic N) is 1. The summed E-state index contributed by atoms with van der Waals surface area (Å²) in [7, 11) is 0. The highest BCUT2D eigenvalue weighted by atomic mass is 32.2. The average Bonchev–Trinajstić information content (AvgIpc) is 1.72. The number of hydrogen-bond donors (Lipinski definition) is 0. The van der Waals surface area contributed by atoms with E-state index in [0.29, 0.717) is 12.3 Å². The van der Waals surface area contributed by atoms with Gasteiger partial charge in [-0.1, -0.05) is 13.8 Å². The summed E-state index contributed by atoms with van der Waals surface area (Å²) in [5, 5.41) is 0. The van der Waals surface area contributed by atoms with Crippen molar-refractivity contribution in [3.05, 3.63) is 0 Å². The Kier molecular flexibility index (Phi) is 4.55. The molecule has 3 heteroatoms. The van der Waals surface area contributed by atoms with Gasteiger partial charge >= 0.3 is 0 Å². The summed E-state index contributed by atoms with van der Waals surface area (Å²) in [6.07, 6.45) is 0. The van der Waals surface area contributed by atoms with E-state index in [-0.39, 0.29) is 0 Å². The molecule has 0 aliphatic heterocycles. The van der Waals surface area contributed by atoms with Gasteiger partial charge in [0.1, 0.15) is 12.3 Å². The highest BCUT2D eigenvalue weighted by molar-refractivity contribution is 7.91. The van der Waals surface area contributed by atoms with E-state index in [1.807, 2.05) is 13.8 Å². The van der Waals surface area contributed by atoms with Crippen LogP contribution < -0.4 is 0 Å². The lowest BCUT2D eigenvalue weighted by atomic mass is 10.7. The zero-order valence-corrected chi connectivity index (χ0v) is 5.46. The fourth-order valence-electron chi connectivity index (χ4n) is 0.321. The minimum Gasteiger partial charge on any atom is -0.223 e. The maximum atomic E-state index is 11.5. The van der Waals surface area contributed by atoms with Gasteiger partial charge in [0.25, 0.3) is 0 Å². The van der Waals surface area contributed by atoms with Crippen LogP contribution in [0.5, 0.6) is 0 Å². The lowest BCUT2D eigenvalue weighted by molar-refractivity contribution is 0.509. The third-order valence-electron chi connectivity index (χ3n) is 0.803. The second-order valence-electron chi connectivity index (χ2n) is 1.18. The fraction of sp³-hybridized carbons (Fsp3) is 1.00. The van der Waals surface area contributed by atoms with Crippen molar-refractivity contribution in [2.45, 2.75) is 13.8 Å². The van der Waals surface area contributed by atoms with Gasteiger partial charge in [-0.25, -0.2) is 4.31 Å². The Bertz CT molecular complexity index is 33.2. The lowest BCUT2D eigenvalue weighted by Crippen LogP contribution is -2.11. The highest BCUT2D eigenvalue weighted by Gasteiger charge is 1.94. The first-order valence-corrected chi connectivity index (χ1v) is 3.06. The molecule has 0 N–H and O–H groups in total. The van der Waals surface area contributed by atoms with Crippen molar-refractivity contribution < 1.29 is 3.89 Å². The van der Waals surface area contributed by atoms with Crippen LogP contribution in [0.4, 0.5) is 3.89 Å². The number of rotatable bonds is 3. The zero-order valence-electron chi connectivity index (χ0n) is 4.65. The number of halogens is 1. The minimum absolute atomic E-state index is 0.303. The molecule has 0 spiro atoms. The van der Waals surface area contributed by atoms with Gasteiger partial charge in [-0.2, -0.15) is 0 Å². The largest absolute Gasteiger partial charge is 0.223 e. The van der Waals surface area contributed by atoms with E-state index in [0.717, 1.165) is 13.1 Å². The molecule has 0 fully saturated rings. The predicted molar refractivity (Wildman–Crippen MR) is 31.6 cm³/mol. The van der Waals surface area contributed by atoms with Gasteiger partial charge in [0, 0.05) is 13.1 Å². The Hall–Kier alpha value is 0.240. The molecule has 0 aliphatic carbocycles. The summed E-state index contributed by atoms with van der Waals surface area (Å²) in [5.74, 6) is 0. The Morgan fingerprint density at radius 1 is 1.43 bits per heavy atom. The van der Waals surface area contributed by atoms with Crippen molar-refractivity contribution >= 4 is 12.3 Å². The summed E-state index contributed by atoms with van der Waals surface area (Å²) < 4.78 is 13.1. The van der Waals surface area contributed by atoms with Crippen molar-refractivity contribution in [3.63, 3.8) is 0 Å². The summed E-state index contributed by atoms with van der Waals surface area (Å²) in [4.78, 5) is 0. The molecule has 0 bridgehead atoms. The molecule has 44 valence electrons. The van der Waals surface area contributed by atoms with Gasteiger partial charge in [-0.15, -0.1) is 3.89 Å². The first-order valence-electron chi connectivity index (χ1n) is 2.38. The summed E-state index contributed by atoms with van der Waals surface area (Å²) >= 11 is 0.303. The molecule has 1 nitrogen and oxygen atoms in total. The van der Waals surface area contributed by atoms with E-state index in [9.17, 15) is 3.89 Å².